The fourth-order valence-corrected chi connectivity index (χ4v) is 3.61. The lowest BCUT2D eigenvalue weighted by Gasteiger charge is -2.36. The number of piperazine rings is 1. The van der Waals surface area contributed by atoms with Crippen LogP contribution in [0, 0.1) is 5.82 Å². The van der Waals surface area contributed by atoms with E-state index in [9.17, 15) is 9.18 Å². The van der Waals surface area contributed by atoms with Gasteiger partial charge in [0.05, 0.1) is 6.42 Å². The Kier molecular flexibility index (Phi) is 4.55. The predicted octanol–water partition coefficient (Wildman–Crippen LogP) is 3.85. The Morgan fingerprint density at radius 3 is 2.54 bits per heavy atom. The molecule has 1 aliphatic heterocycles. The number of nitrogens with zero attached hydrogens (tertiary/aromatic N) is 2. The van der Waals surface area contributed by atoms with E-state index in [0.717, 1.165) is 35.2 Å². The van der Waals surface area contributed by atoms with Crippen molar-refractivity contribution in [3.63, 3.8) is 0 Å². The molecule has 3 aromatic rings. The Bertz CT molecular complexity index is 930. The molecular weight excluding hydrogens is 353 g/mol. The Morgan fingerprint density at radius 2 is 1.81 bits per heavy atom. The molecule has 0 bridgehead atoms. The number of H-pyrrole nitrogens is 1. The Labute approximate surface area is 156 Å². The second kappa shape index (κ2) is 7.00. The highest BCUT2D eigenvalue weighted by Crippen LogP contribution is 2.23. The maximum Gasteiger partial charge on any atom is 0.227 e. The summed E-state index contributed by atoms with van der Waals surface area (Å²) in [7, 11) is 0. The summed E-state index contributed by atoms with van der Waals surface area (Å²) in [6, 6.07) is 12.1. The van der Waals surface area contributed by atoms with Crippen molar-refractivity contribution in [3.8, 4) is 0 Å². The second-order valence-corrected chi connectivity index (χ2v) is 6.96. The zero-order valence-electron chi connectivity index (χ0n) is 14.2. The first-order valence-corrected chi connectivity index (χ1v) is 9.02. The van der Waals surface area contributed by atoms with Crippen molar-refractivity contribution in [1.82, 2.24) is 9.88 Å². The van der Waals surface area contributed by atoms with Gasteiger partial charge in [0, 0.05) is 54.0 Å². The molecule has 4 nitrogen and oxygen atoms in total. The molecule has 1 N–H and O–H groups in total. The number of hydrogen-bond donors (Lipinski definition) is 1. The molecule has 0 saturated carbocycles. The zero-order valence-corrected chi connectivity index (χ0v) is 15.0. The molecular formula is C20H19ClFN3O. The molecule has 0 radical (unpaired) electrons. The van der Waals surface area contributed by atoms with Gasteiger partial charge in [0.15, 0.2) is 0 Å². The lowest BCUT2D eigenvalue weighted by Crippen LogP contribution is -2.49. The Morgan fingerprint density at radius 1 is 1.08 bits per heavy atom. The molecule has 1 aromatic heterocycles. The van der Waals surface area contributed by atoms with Gasteiger partial charge >= 0.3 is 0 Å². The van der Waals surface area contributed by atoms with Crippen molar-refractivity contribution in [2.45, 2.75) is 6.42 Å². The number of aromatic amines is 1. The summed E-state index contributed by atoms with van der Waals surface area (Å²) in [5, 5.41) is 1.66. The summed E-state index contributed by atoms with van der Waals surface area (Å²) in [6.45, 7) is 2.83. The standard InChI is InChI=1S/C20H19ClFN3O/c21-15-1-6-19-18(12-15)14(13-23-19)11-20(26)25-9-7-24(8-10-25)17-4-2-16(22)3-5-17/h1-6,12-13,23H,7-11H2. The fourth-order valence-electron chi connectivity index (χ4n) is 3.44. The quantitative estimate of drug-likeness (QED) is 0.759. The Balaban J connectivity index is 1.40. The van der Waals surface area contributed by atoms with E-state index in [-0.39, 0.29) is 11.7 Å². The maximum absolute atomic E-state index is 13.1. The molecule has 2 aromatic carbocycles. The normalized spacial score (nSPS) is 14.8. The molecule has 1 aliphatic rings. The van der Waals surface area contributed by atoms with E-state index in [4.69, 9.17) is 11.6 Å². The highest BCUT2D eigenvalue weighted by molar-refractivity contribution is 6.31. The first-order chi connectivity index (χ1) is 12.6. The summed E-state index contributed by atoms with van der Waals surface area (Å²) >= 11 is 6.08. The molecule has 1 fully saturated rings. The second-order valence-electron chi connectivity index (χ2n) is 6.52. The topological polar surface area (TPSA) is 39.3 Å². The van der Waals surface area contributed by atoms with Gasteiger partial charge in [-0.15, -0.1) is 0 Å². The summed E-state index contributed by atoms with van der Waals surface area (Å²) in [6.07, 6.45) is 2.24. The molecule has 1 amide bonds. The third-order valence-electron chi connectivity index (χ3n) is 4.90. The third kappa shape index (κ3) is 3.40. The number of amides is 1. The predicted molar refractivity (Wildman–Crippen MR) is 102 cm³/mol. The number of anilines is 1. The minimum Gasteiger partial charge on any atom is -0.368 e. The van der Waals surface area contributed by atoms with Crippen molar-refractivity contribution >= 4 is 34.1 Å². The van der Waals surface area contributed by atoms with Gasteiger partial charge in [-0.25, -0.2) is 4.39 Å². The molecule has 4 rings (SSSR count). The van der Waals surface area contributed by atoms with Gasteiger partial charge < -0.3 is 14.8 Å². The monoisotopic (exact) mass is 371 g/mol. The highest BCUT2D eigenvalue weighted by atomic mass is 35.5. The Hall–Kier alpha value is -2.53. The number of carbonyl (C=O) groups excluding carboxylic acids is 1. The van der Waals surface area contributed by atoms with Crippen molar-refractivity contribution in [2.75, 3.05) is 31.1 Å². The molecule has 0 atom stereocenters. The molecule has 0 unspecified atom stereocenters. The van der Waals surface area contributed by atoms with Crippen LogP contribution in [0.3, 0.4) is 0 Å². The van der Waals surface area contributed by atoms with E-state index in [0.29, 0.717) is 24.5 Å². The zero-order chi connectivity index (χ0) is 18.1. The van der Waals surface area contributed by atoms with Gasteiger partial charge in [-0.1, -0.05) is 11.6 Å². The van der Waals surface area contributed by atoms with Gasteiger partial charge in [0.2, 0.25) is 5.91 Å². The minimum atomic E-state index is -0.235. The fraction of sp³-hybridized carbons (Fsp3) is 0.250. The SMILES string of the molecule is O=C(Cc1c[nH]c2ccc(Cl)cc12)N1CCN(c2ccc(F)cc2)CC1. The molecule has 1 saturated heterocycles. The van der Waals surface area contributed by atoms with E-state index in [1.165, 1.54) is 12.1 Å². The van der Waals surface area contributed by atoms with Crippen LogP contribution in [0.2, 0.25) is 5.02 Å². The summed E-state index contributed by atoms with van der Waals surface area (Å²) in [4.78, 5) is 19.9. The van der Waals surface area contributed by atoms with Crippen LogP contribution in [-0.4, -0.2) is 42.0 Å². The lowest BCUT2D eigenvalue weighted by atomic mass is 10.1. The van der Waals surface area contributed by atoms with Crippen LogP contribution in [0.1, 0.15) is 5.56 Å². The average molecular weight is 372 g/mol. The van der Waals surface area contributed by atoms with E-state index in [1.807, 2.05) is 29.3 Å². The summed E-state index contributed by atoms with van der Waals surface area (Å²) < 4.78 is 13.1. The van der Waals surface area contributed by atoms with Gasteiger partial charge in [-0.3, -0.25) is 4.79 Å². The van der Waals surface area contributed by atoms with E-state index < -0.39 is 0 Å². The molecule has 26 heavy (non-hydrogen) atoms. The summed E-state index contributed by atoms with van der Waals surface area (Å²) in [5.74, 6) is -0.119. The van der Waals surface area contributed by atoms with Gasteiger partial charge in [-0.2, -0.15) is 0 Å². The van der Waals surface area contributed by atoms with Crippen LogP contribution in [-0.2, 0) is 11.2 Å². The number of halogens is 2. The minimum absolute atomic E-state index is 0.115. The molecule has 2 heterocycles. The van der Waals surface area contributed by atoms with Gasteiger partial charge in [0.1, 0.15) is 5.82 Å². The van der Waals surface area contributed by atoms with Crippen molar-refractivity contribution in [1.29, 1.82) is 0 Å². The van der Waals surface area contributed by atoms with E-state index in [1.54, 1.807) is 12.1 Å². The lowest BCUT2D eigenvalue weighted by molar-refractivity contribution is -0.130. The number of fused-ring (bicyclic) bond motifs is 1. The molecule has 6 heteroatoms. The number of rotatable bonds is 3. The largest absolute Gasteiger partial charge is 0.368 e. The van der Waals surface area contributed by atoms with Crippen molar-refractivity contribution in [3.05, 3.63) is 65.1 Å². The van der Waals surface area contributed by atoms with Crippen LogP contribution >= 0.6 is 11.6 Å². The van der Waals surface area contributed by atoms with Gasteiger partial charge in [-0.05, 0) is 48.0 Å². The first-order valence-electron chi connectivity index (χ1n) is 8.64. The van der Waals surface area contributed by atoms with Gasteiger partial charge in [0.25, 0.3) is 0 Å². The van der Waals surface area contributed by atoms with Crippen LogP contribution in [0.4, 0.5) is 10.1 Å². The van der Waals surface area contributed by atoms with Crippen molar-refractivity contribution in [2.24, 2.45) is 0 Å². The first kappa shape index (κ1) is 16.9. The van der Waals surface area contributed by atoms with Crippen LogP contribution in [0.5, 0.6) is 0 Å². The van der Waals surface area contributed by atoms with Crippen LogP contribution in [0.25, 0.3) is 10.9 Å². The maximum atomic E-state index is 13.1. The molecule has 0 aliphatic carbocycles. The smallest absolute Gasteiger partial charge is 0.227 e. The number of benzene rings is 2. The highest BCUT2D eigenvalue weighted by Gasteiger charge is 2.22. The molecule has 0 spiro atoms. The summed E-state index contributed by atoms with van der Waals surface area (Å²) in [5.41, 5.74) is 2.94. The molecule has 134 valence electrons. The average Bonchev–Trinajstić information content (AvgIpc) is 3.04. The third-order valence-corrected chi connectivity index (χ3v) is 5.13. The van der Waals surface area contributed by atoms with Crippen LogP contribution < -0.4 is 4.90 Å². The number of hydrogen-bond acceptors (Lipinski definition) is 2. The number of aromatic nitrogens is 1. The number of nitrogens with one attached hydrogen (secondary N) is 1. The van der Waals surface area contributed by atoms with Crippen LogP contribution in [0.15, 0.2) is 48.7 Å². The number of carbonyl (C=O) groups is 1. The van der Waals surface area contributed by atoms with Crippen molar-refractivity contribution < 1.29 is 9.18 Å². The van der Waals surface area contributed by atoms with E-state index >= 15 is 0 Å². The van der Waals surface area contributed by atoms with E-state index in [2.05, 4.69) is 9.88 Å².